The van der Waals surface area contributed by atoms with E-state index >= 15 is 0 Å². The Morgan fingerprint density at radius 3 is 2.58 bits per heavy atom. The quantitative estimate of drug-likeness (QED) is 0.582. The Balaban J connectivity index is 1.29. The van der Waals surface area contributed by atoms with Crippen LogP contribution in [0.1, 0.15) is 25.1 Å². The van der Waals surface area contributed by atoms with Crippen molar-refractivity contribution in [3.63, 3.8) is 0 Å². The van der Waals surface area contributed by atoms with E-state index in [-0.39, 0.29) is 18.0 Å². The maximum atomic E-state index is 14.7. The molecular formula is C24H27FN6OS. The third-order valence-corrected chi connectivity index (χ3v) is 7.08. The Labute approximate surface area is 197 Å². The summed E-state index contributed by atoms with van der Waals surface area (Å²) in [5, 5.41) is 3.12. The van der Waals surface area contributed by atoms with Crippen molar-refractivity contribution in [2.45, 2.75) is 54.7 Å². The highest BCUT2D eigenvalue weighted by atomic mass is 32.2. The van der Waals surface area contributed by atoms with Crippen molar-refractivity contribution in [1.82, 2.24) is 19.9 Å². The molecule has 3 N–H and O–H groups in total. The van der Waals surface area contributed by atoms with Crippen LogP contribution in [0.25, 0.3) is 0 Å². The van der Waals surface area contributed by atoms with Crippen LogP contribution in [0.2, 0.25) is 0 Å². The van der Waals surface area contributed by atoms with Gasteiger partial charge in [0.25, 0.3) is 0 Å². The average molecular weight is 467 g/mol. The SMILES string of the molecule is CC1CN(C2Cc3nc(Nc4ccc(Sc5ccncc5)c(F)c4)nc(N)c3C2)CC(C)O1. The first-order valence-electron chi connectivity index (χ1n) is 11.1. The highest BCUT2D eigenvalue weighted by Crippen LogP contribution is 2.33. The Morgan fingerprint density at radius 2 is 1.85 bits per heavy atom. The summed E-state index contributed by atoms with van der Waals surface area (Å²) in [4.78, 5) is 17.1. The summed E-state index contributed by atoms with van der Waals surface area (Å²) in [6.45, 7) is 6.04. The number of fused-ring (bicyclic) bond motifs is 1. The fourth-order valence-corrected chi connectivity index (χ4v) is 5.43. The molecule has 1 aliphatic carbocycles. The Kier molecular flexibility index (Phi) is 6.18. The standard InChI is InChI=1S/C24H27FN6OS/c1-14-12-31(13-15(2)32-14)17-10-19-21(11-17)29-24(30-23(19)26)28-16-3-4-22(20(25)9-16)33-18-5-7-27-8-6-18/h3-9,14-15,17H,10-13H2,1-2H3,(H3,26,28,29,30). The third-order valence-electron chi connectivity index (χ3n) is 6.02. The molecule has 7 nitrogen and oxygen atoms in total. The fourth-order valence-electron chi connectivity index (χ4n) is 4.63. The maximum Gasteiger partial charge on any atom is 0.229 e. The number of nitrogen functional groups attached to an aromatic ring is 1. The van der Waals surface area contributed by atoms with Crippen LogP contribution in [0.4, 0.5) is 21.8 Å². The number of hydrogen-bond acceptors (Lipinski definition) is 8. The number of rotatable bonds is 5. The zero-order valence-electron chi connectivity index (χ0n) is 18.7. The van der Waals surface area contributed by atoms with E-state index in [1.54, 1.807) is 18.5 Å². The largest absolute Gasteiger partial charge is 0.383 e. The smallest absolute Gasteiger partial charge is 0.229 e. The van der Waals surface area contributed by atoms with E-state index in [4.69, 9.17) is 15.5 Å². The van der Waals surface area contributed by atoms with Crippen LogP contribution in [0.5, 0.6) is 0 Å². The summed E-state index contributed by atoms with van der Waals surface area (Å²) in [7, 11) is 0. The van der Waals surface area contributed by atoms with Crippen LogP contribution >= 0.6 is 11.8 Å². The average Bonchev–Trinajstić information content (AvgIpc) is 3.21. The minimum atomic E-state index is -0.313. The predicted octanol–water partition coefficient (Wildman–Crippen LogP) is 4.06. The lowest BCUT2D eigenvalue weighted by Gasteiger charge is -2.38. The number of ether oxygens (including phenoxy) is 1. The first kappa shape index (κ1) is 22.1. The molecule has 3 aromatic rings. The van der Waals surface area contributed by atoms with Gasteiger partial charge in [0, 0.05) is 59.0 Å². The number of pyridine rings is 1. The third kappa shape index (κ3) is 4.95. The molecule has 1 saturated heterocycles. The summed E-state index contributed by atoms with van der Waals surface area (Å²) < 4.78 is 20.6. The van der Waals surface area contributed by atoms with E-state index in [2.05, 4.69) is 34.0 Å². The first-order valence-corrected chi connectivity index (χ1v) is 12.0. The van der Waals surface area contributed by atoms with E-state index in [1.165, 1.54) is 17.8 Å². The predicted molar refractivity (Wildman–Crippen MR) is 127 cm³/mol. The van der Waals surface area contributed by atoms with Crippen molar-refractivity contribution in [3.05, 3.63) is 59.8 Å². The van der Waals surface area contributed by atoms with Crippen LogP contribution < -0.4 is 11.1 Å². The lowest BCUT2D eigenvalue weighted by Crippen LogP contribution is -2.50. The topological polar surface area (TPSA) is 89.2 Å². The molecule has 1 aromatic carbocycles. The van der Waals surface area contributed by atoms with Crippen molar-refractivity contribution in [3.8, 4) is 0 Å². The summed E-state index contributed by atoms with van der Waals surface area (Å²) >= 11 is 1.35. The van der Waals surface area contributed by atoms with E-state index < -0.39 is 0 Å². The monoisotopic (exact) mass is 466 g/mol. The van der Waals surface area contributed by atoms with Gasteiger partial charge in [-0.15, -0.1) is 0 Å². The van der Waals surface area contributed by atoms with Gasteiger partial charge in [0.2, 0.25) is 5.95 Å². The molecule has 0 amide bonds. The Morgan fingerprint density at radius 1 is 1.09 bits per heavy atom. The minimum Gasteiger partial charge on any atom is -0.383 e. The summed E-state index contributed by atoms with van der Waals surface area (Å²) in [5.41, 5.74) is 8.86. The molecule has 3 atom stereocenters. The Bertz CT molecular complexity index is 1140. The van der Waals surface area contributed by atoms with Crippen LogP contribution in [-0.2, 0) is 17.6 Å². The fraction of sp³-hybridized carbons (Fsp3) is 0.375. The van der Waals surface area contributed by atoms with Gasteiger partial charge in [-0.05, 0) is 50.6 Å². The first-order chi connectivity index (χ1) is 15.9. The van der Waals surface area contributed by atoms with Crippen molar-refractivity contribution in [1.29, 1.82) is 0 Å². The molecule has 0 bridgehead atoms. The number of morpholine rings is 1. The zero-order chi connectivity index (χ0) is 22.9. The molecule has 1 aliphatic heterocycles. The summed E-state index contributed by atoms with van der Waals surface area (Å²) in [6, 6.07) is 9.07. The van der Waals surface area contributed by atoms with E-state index in [0.29, 0.717) is 28.4 Å². The number of benzene rings is 1. The van der Waals surface area contributed by atoms with Gasteiger partial charge in [-0.1, -0.05) is 11.8 Å². The number of hydrogen-bond donors (Lipinski definition) is 2. The molecule has 5 rings (SSSR count). The van der Waals surface area contributed by atoms with E-state index in [0.717, 1.165) is 42.1 Å². The number of halogens is 1. The van der Waals surface area contributed by atoms with Crippen molar-refractivity contribution in [2.75, 3.05) is 24.1 Å². The van der Waals surface area contributed by atoms with E-state index in [9.17, 15) is 4.39 Å². The lowest BCUT2D eigenvalue weighted by molar-refractivity contribution is -0.0792. The van der Waals surface area contributed by atoms with Crippen molar-refractivity contribution >= 4 is 29.2 Å². The molecule has 3 unspecified atom stereocenters. The van der Waals surface area contributed by atoms with Gasteiger partial charge in [-0.25, -0.2) is 9.37 Å². The van der Waals surface area contributed by atoms with Gasteiger partial charge in [-0.3, -0.25) is 9.88 Å². The maximum absolute atomic E-state index is 14.7. The molecule has 1 fully saturated rings. The molecular weight excluding hydrogens is 439 g/mol. The normalized spacial score (nSPS) is 22.8. The van der Waals surface area contributed by atoms with Crippen LogP contribution in [0, 0.1) is 5.82 Å². The number of anilines is 3. The number of nitrogens with one attached hydrogen (secondary N) is 1. The molecule has 3 heterocycles. The minimum absolute atomic E-state index is 0.215. The second-order valence-corrected chi connectivity index (χ2v) is 9.80. The van der Waals surface area contributed by atoms with Gasteiger partial charge in [0.05, 0.1) is 17.9 Å². The molecule has 0 spiro atoms. The number of nitrogens with zero attached hydrogens (tertiary/aromatic N) is 4. The van der Waals surface area contributed by atoms with E-state index in [1.807, 2.05) is 18.2 Å². The molecule has 2 aromatic heterocycles. The molecule has 2 aliphatic rings. The number of nitrogens with two attached hydrogens (primary N) is 1. The highest BCUT2D eigenvalue weighted by molar-refractivity contribution is 7.99. The zero-order valence-corrected chi connectivity index (χ0v) is 19.5. The second-order valence-electron chi connectivity index (χ2n) is 8.69. The number of aromatic nitrogens is 3. The molecule has 9 heteroatoms. The summed E-state index contributed by atoms with van der Waals surface area (Å²) in [6.07, 6.45) is 5.48. The molecule has 33 heavy (non-hydrogen) atoms. The summed E-state index contributed by atoms with van der Waals surface area (Å²) in [5.74, 6) is 0.570. The second kappa shape index (κ2) is 9.24. The van der Waals surface area contributed by atoms with Crippen LogP contribution in [0.3, 0.4) is 0 Å². The van der Waals surface area contributed by atoms with Crippen molar-refractivity contribution in [2.24, 2.45) is 0 Å². The van der Waals surface area contributed by atoms with Gasteiger partial charge >= 0.3 is 0 Å². The lowest BCUT2D eigenvalue weighted by atomic mass is 10.1. The molecule has 0 radical (unpaired) electrons. The molecule has 172 valence electrons. The van der Waals surface area contributed by atoms with Gasteiger partial charge in [0.1, 0.15) is 11.6 Å². The Hall–Kier alpha value is -2.75. The van der Waals surface area contributed by atoms with Crippen LogP contribution in [0.15, 0.2) is 52.5 Å². The van der Waals surface area contributed by atoms with Gasteiger partial charge in [0.15, 0.2) is 0 Å². The van der Waals surface area contributed by atoms with Gasteiger partial charge < -0.3 is 15.8 Å². The van der Waals surface area contributed by atoms with Crippen molar-refractivity contribution < 1.29 is 9.13 Å². The van der Waals surface area contributed by atoms with Crippen LogP contribution in [-0.4, -0.2) is 51.2 Å². The van der Waals surface area contributed by atoms with Gasteiger partial charge in [-0.2, -0.15) is 4.98 Å². The molecule has 0 saturated carbocycles. The highest BCUT2D eigenvalue weighted by Gasteiger charge is 2.34.